The first kappa shape index (κ1) is 17.5. The van der Waals surface area contributed by atoms with Gasteiger partial charge in [-0.3, -0.25) is 0 Å². The van der Waals surface area contributed by atoms with Gasteiger partial charge in [0.25, 0.3) is 0 Å². The lowest BCUT2D eigenvalue weighted by molar-refractivity contribution is 0.518. The highest BCUT2D eigenvalue weighted by atomic mass is 14.5. The number of hydrogen-bond donors (Lipinski definition) is 0. The molecule has 7 rings (SSSR count). The summed E-state index contributed by atoms with van der Waals surface area (Å²) < 4.78 is 0. The van der Waals surface area contributed by atoms with E-state index in [0.717, 1.165) is 12.8 Å². The summed E-state index contributed by atoms with van der Waals surface area (Å²) in [7, 11) is 0. The minimum atomic E-state index is -0.0108. The molecule has 0 spiro atoms. The highest BCUT2D eigenvalue weighted by molar-refractivity contribution is 5.81. The van der Waals surface area contributed by atoms with E-state index >= 15 is 0 Å². The van der Waals surface area contributed by atoms with Crippen LogP contribution in [-0.4, -0.2) is 0 Å². The fourth-order valence-electron chi connectivity index (χ4n) is 6.27. The third kappa shape index (κ3) is 2.54. The van der Waals surface area contributed by atoms with Gasteiger partial charge in [0.2, 0.25) is 0 Å². The van der Waals surface area contributed by atoms with E-state index in [1.807, 2.05) is 0 Å². The van der Waals surface area contributed by atoms with Gasteiger partial charge in [-0.1, -0.05) is 84.9 Å². The molecule has 0 radical (unpaired) electrons. The van der Waals surface area contributed by atoms with E-state index in [0.29, 0.717) is 0 Å². The van der Waals surface area contributed by atoms with Crippen LogP contribution in [0, 0.1) is 0 Å². The summed E-state index contributed by atoms with van der Waals surface area (Å²) >= 11 is 0. The molecule has 0 bridgehead atoms. The van der Waals surface area contributed by atoms with Gasteiger partial charge in [0, 0.05) is 5.41 Å². The van der Waals surface area contributed by atoms with Crippen LogP contribution in [0.1, 0.15) is 44.5 Å². The smallest absolute Gasteiger partial charge is 0.0295 e. The number of benzene rings is 4. The molecular formula is C31H26. The Bertz CT molecular complexity index is 1240. The molecule has 0 unspecified atom stereocenters. The van der Waals surface area contributed by atoms with E-state index in [1.165, 1.54) is 59.1 Å². The molecular weight excluding hydrogens is 372 g/mol. The summed E-state index contributed by atoms with van der Waals surface area (Å²) in [6.45, 7) is 0. The summed E-state index contributed by atoms with van der Waals surface area (Å²) in [4.78, 5) is 0. The maximum Gasteiger partial charge on any atom is 0.0295 e. The van der Waals surface area contributed by atoms with E-state index in [-0.39, 0.29) is 5.41 Å². The first-order valence-corrected chi connectivity index (χ1v) is 11.7. The van der Waals surface area contributed by atoms with Crippen molar-refractivity contribution in [3.05, 3.63) is 129 Å². The number of hydrogen-bond acceptors (Lipinski definition) is 0. The Morgan fingerprint density at radius 3 is 1.35 bits per heavy atom. The maximum atomic E-state index is 2.49. The van der Waals surface area contributed by atoms with Crippen LogP contribution in [0.4, 0.5) is 0 Å². The van der Waals surface area contributed by atoms with Crippen LogP contribution in [0.5, 0.6) is 0 Å². The Hall–Kier alpha value is -3.12. The summed E-state index contributed by atoms with van der Waals surface area (Å²) in [5.41, 5.74) is 15.0. The molecule has 3 aliphatic carbocycles. The molecule has 0 aliphatic heterocycles. The maximum absolute atomic E-state index is 2.49. The quantitative estimate of drug-likeness (QED) is 0.362. The van der Waals surface area contributed by atoms with Crippen molar-refractivity contribution in [3.8, 4) is 11.1 Å². The summed E-state index contributed by atoms with van der Waals surface area (Å²) in [5, 5.41) is 0. The highest BCUT2D eigenvalue weighted by Gasteiger charge is 2.43. The molecule has 0 heterocycles. The lowest BCUT2D eigenvalue weighted by Crippen LogP contribution is -2.31. The predicted molar refractivity (Wildman–Crippen MR) is 128 cm³/mol. The van der Waals surface area contributed by atoms with Gasteiger partial charge < -0.3 is 0 Å². The molecule has 0 saturated carbocycles. The second-order valence-electron chi connectivity index (χ2n) is 9.73. The SMILES string of the molecule is c1ccc2c(c1)-c1ccccc1C2(Cc1ccc2c(c1)CC2)Cc1ccc2c(c1)CC2. The van der Waals surface area contributed by atoms with Gasteiger partial charge in [-0.2, -0.15) is 0 Å². The van der Waals surface area contributed by atoms with E-state index in [1.54, 1.807) is 22.3 Å². The fraction of sp³-hybridized carbons (Fsp3) is 0.226. The largest absolute Gasteiger partial charge is 0.0619 e. The van der Waals surface area contributed by atoms with Crippen LogP contribution in [0.15, 0.2) is 84.9 Å². The predicted octanol–water partition coefficient (Wildman–Crippen LogP) is 6.64. The Morgan fingerprint density at radius 1 is 0.484 bits per heavy atom. The van der Waals surface area contributed by atoms with Crippen LogP contribution < -0.4 is 0 Å². The third-order valence-corrected chi connectivity index (χ3v) is 8.06. The minimum absolute atomic E-state index is 0.0108. The van der Waals surface area contributed by atoms with Crippen molar-refractivity contribution < 1.29 is 0 Å². The van der Waals surface area contributed by atoms with Gasteiger partial charge in [0.1, 0.15) is 0 Å². The zero-order valence-corrected chi connectivity index (χ0v) is 17.8. The monoisotopic (exact) mass is 398 g/mol. The van der Waals surface area contributed by atoms with Crippen molar-refractivity contribution in [2.75, 3.05) is 0 Å². The van der Waals surface area contributed by atoms with Gasteiger partial charge >= 0.3 is 0 Å². The minimum Gasteiger partial charge on any atom is -0.0619 e. The van der Waals surface area contributed by atoms with Gasteiger partial charge in [-0.25, -0.2) is 0 Å². The molecule has 150 valence electrons. The van der Waals surface area contributed by atoms with E-state index in [9.17, 15) is 0 Å². The number of fused-ring (bicyclic) bond motifs is 5. The van der Waals surface area contributed by atoms with Crippen LogP contribution in [0.3, 0.4) is 0 Å². The van der Waals surface area contributed by atoms with Crippen molar-refractivity contribution in [1.82, 2.24) is 0 Å². The average Bonchev–Trinajstić information content (AvgIpc) is 3.03. The molecule has 0 nitrogen and oxygen atoms in total. The van der Waals surface area contributed by atoms with Gasteiger partial charge in [0.05, 0.1) is 0 Å². The van der Waals surface area contributed by atoms with E-state index in [4.69, 9.17) is 0 Å². The van der Waals surface area contributed by atoms with Gasteiger partial charge in [-0.15, -0.1) is 0 Å². The van der Waals surface area contributed by atoms with Crippen molar-refractivity contribution in [3.63, 3.8) is 0 Å². The first-order valence-electron chi connectivity index (χ1n) is 11.7. The fourth-order valence-corrected chi connectivity index (χ4v) is 6.27. The Labute approximate surface area is 184 Å². The standard InChI is InChI=1S/C31H26/c1-3-7-29-27(5-1)28-6-2-4-8-30(28)31(29,19-21-9-11-23-13-15-25(23)17-21)20-22-10-12-24-14-16-26(24)18-22/h1-12,17-18H,13-16,19-20H2. The molecule has 0 saturated heterocycles. The molecule has 0 amide bonds. The van der Waals surface area contributed by atoms with Crippen LogP contribution >= 0.6 is 0 Å². The van der Waals surface area contributed by atoms with Crippen LogP contribution in [0.2, 0.25) is 0 Å². The summed E-state index contributed by atoms with van der Waals surface area (Å²) in [5.74, 6) is 0. The summed E-state index contributed by atoms with van der Waals surface area (Å²) in [6.07, 6.45) is 7.11. The lowest BCUT2D eigenvalue weighted by Gasteiger charge is -2.34. The van der Waals surface area contributed by atoms with Gasteiger partial charge in [0.15, 0.2) is 0 Å². The average molecular weight is 399 g/mol. The molecule has 31 heavy (non-hydrogen) atoms. The van der Waals surface area contributed by atoms with Crippen molar-refractivity contribution in [2.24, 2.45) is 0 Å². The molecule has 4 aromatic carbocycles. The molecule has 4 aromatic rings. The molecule has 0 heteroatoms. The summed E-state index contributed by atoms with van der Waals surface area (Å²) in [6, 6.07) is 32.8. The Balaban J connectivity index is 1.42. The Morgan fingerprint density at radius 2 is 0.935 bits per heavy atom. The lowest BCUT2D eigenvalue weighted by atomic mass is 9.68. The molecule has 0 fully saturated rings. The number of aryl methyl sites for hydroxylation is 4. The van der Waals surface area contributed by atoms with Crippen molar-refractivity contribution in [2.45, 2.75) is 43.9 Å². The van der Waals surface area contributed by atoms with Gasteiger partial charge in [-0.05, 0) is 94.2 Å². The second kappa shape index (κ2) is 6.44. The molecule has 0 atom stereocenters. The van der Waals surface area contributed by atoms with E-state index in [2.05, 4.69) is 84.9 Å². The van der Waals surface area contributed by atoms with Crippen LogP contribution in [0.25, 0.3) is 11.1 Å². The normalized spacial score (nSPS) is 16.4. The topological polar surface area (TPSA) is 0 Å². The van der Waals surface area contributed by atoms with Crippen molar-refractivity contribution in [1.29, 1.82) is 0 Å². The third-order valence-electron chi connectivity index (χ3n) is 8.06. The molecule has 0 aromatic heterocycles. The first-order chi connectivity index (χ1) is 15.3. The second-order valence-corrected chi connectivity index (χ2v) is 9.73. The molecule has 3 aliphatic rings. The highest BCUT2D eigenvalue weighted by Crippen LogP contribution is 2.52. The van der Waals surface area contributed by atoms with E-state index < -0.39 is 0 Å². The zero-order chi connectivity index (χ0) is 20.4. The zero-order valence-electron chi connectivity index (χ0n) is 17.8. The Kier molecular flexibility index (Phi) is 3.64. The van der Waals surface area contributed by atoms with Crippen molar-refractivity contribution >= 4 is 0 Å². The number of rotatable bonds is 4. The van der Waals surface area contributed by atoms with Crippen LogP contribution in [-0.2, 0) is 43.9 Å². The molecule has 0 N–H and O–H groups in total.